The number of allylic oxidation sites excluding steroid dienone is 1. The van der Waals surface area contributed by atoms with Crippen molar-refractivity contribution in [3.8, 4) is 0 Å². The third kappa shape index (κ3) is 6.57. The lowest BCUT2D eigenvalue weighted by molar-refractivity contribution is 0.0817. The summed E-state index contributed by atoms with van der Waals surface area (Å²) in [6.07, 6.45) is 3.04. The third-order valence-corrected chi connectivity index (χ3v) is 7.56. The van der Waals surface area contributed by atoms with Gasteiger partial charge in [-0.2, -0.15) is 13.6 Å². The molecule has 3 heterocycles. The van der Waals surface area contributed by atoms with Crippen LogP contribution in [-0.4, -0.2) is 46.8 Å². The number of ether oxygens (including phenoxy) is 1. The highest BCUT2D eigenvalue weighted by molar-refractivity contribution is 7.66. The first kappa shape index (κ1) is 23.8. The van der Waals surface area contributed by atoms with Crippen molar-refractivity contribution in [1.29, 1.82) is 0 Å². The number of fused-ring (bicyclic) bond motifs is 1. The van der Waals surface area contributed by atoms with Crippen LogP contribution >= 0.6 is 23.5 Å². The Morgan fingerprint density at radius 1 is 1.26 bits per heavy atom. The molecule has 16 nitrogen and oxygen atoms in total. The Hall–Kier alpha value is -1.83. The van der Waals surface area contributed by atoms with Gasteiger partial charge in [-0.1, -0.05) is 0 Å². The molecule has 19 heteroatoms. The van der Waals surface area contributed by atoms with Crippen LogP contribution in [0.15, 0.2) is 22.8 Å². The van der Waals surface area contributed by atoms with Gasteiger partial charge in [0.15, 0.2) is 5.65 Å². The average molecular weight is 502 g/mol. The normalized spacial score (nSPS) is 22.3. The molecular weight excluding hydrogens is 485 g/mol. The van der Waals surface area contributed by atoms with E-state index in [9.17, 15) is 23.4 Å². The Morgan fingerprint density at radius 2 is 1.97 bits per heavy atom. The molecule has 1 saturated heterocycles. The maximum atomic E-state index is 11.8. The Kier molecular flexibility index (Phi) is 6.61. The quantitative estimate of drug-likeness (QED) is 0.271. The second-order valence-corrected chi connectivity index (χ2v) is 10.6. The number of nitrogen functional groups attached to an aromatic ring is 1. The zero-order valence-corrected chi connectivity index (χ0v) is 18.0. The first-order chi connectivity index (χ1) is 14.2. The first-order valence-electron chi connectivity index (χ1n) is 8.25. The van der Waals surface area contributed by atoms with E-state index in [4.69, 9.17) is 25.2 Å². The standard InChI is InChI=1S/C12H17N4O12P3/c13-12-14-10-9(11(17)15-12)3-4-16(10)5-7-1-2-8(26-7)6-25-30(21,22)28-31(23,24)27-29(18,19)20/h3-5,8H,1-2,6H2,(H,21,22)(H,23,24)(H2,18,19,20)(H3,13,14,15,17)/b7-5-/t8-/m0/s1. The summed E-state index contributed by atoms with van der Waals surface area (Å²) in [4.78, 5) is 53.8. The van der Waals surface area contributed by atoms with E-state index < -0.39 is 41.7 Å². The highest BCUT2D eigenvalue weighted by Gasteiger charge is 2.41. The number of nitrogens with one attached hydrogen (secondary N) is 1. The van der Waals surface area contributed by atoms with E-state index in [-0.39, 0.29) is 11.6 Å². The molecule has 3 atom stereocenters. The molecule has 2 unspecified atom stereocenters. The van der Waals surface area contributed by atoms with Gasteiger partial charge >= 0.3 is 23.5 Å². The molecule has 1 aliphatic rings. The number of aromatic nitrogens is 3. The number of phosphoric ester groups is 1. The number of hydrogen-bond acceptors (Lipinski definition) is 10. The van der Waals surface area contributed by atoms with Gasteiger partial charge in [0.05, 0.1) is 12.0 Å². The minimum Gasteiger partial charge on any atom is -0.491 e. The zero-order valence-electron chi connectivity index (χ0n) is 15.3. The van der Waals surface area contributed by atoms with E-state index in [1.807, 2.05) is 0 Å². The van der Waals surface area contributed by atoms with Gasteiger partial charge in [-0.25, -0.2) is 13.7 Å². The van der Waals surface area contributed by atoms with Crippen molar-refractivity contribution in [2.75, 3.05) is 12.3 Å². The van der Waals surface area contributed by atoms with Gasteiger partial charge in [-0.05, 0) is 12.5 Å². The number of aromatic amines is 1. The van der Waals surface area contributed by atoms with E-state index in [1.165, 1.54) is 16.8 Å². The van der Waals surface area contributed by atoms with Crippen molar-refractivity contribution < 1.29 is 51.2 Å². The molecule has 3 rings (SSSR count). The fraction of sp³-hybridized carbons (Fsp3) is 0.333. The van der Waals surface area contributed by atoms with Crippen LogP contribution in [0.2, 0.25) is 0 Å². The minimum absolute atomic E-state index is 0.0722. The molecule has 31 heavy (non-hydrogen) atoms. The number of rotatable bonds is 8. The van der Waals surface area contributed by atoms with Crippen molar-refractivity contribution in [2.24, 2.45) is 0 Å². The number of hydrogen-bond donors (Lipinski definition) is 6. The molecular formula is C12H17N4O12P3. The molecule has 0 bridgehead atoms. The highest BCUT2D eigenvalue weighted by atomic mass is 31.3. The number of anilines is 1. The number of nitrogens with zero attached hydrogens (tertiary/aromatic N) is 2. The predicted octanol–water partition coefficient (Wildman–Crippen LogP) is 0.627. The molecule has 2 aromatic heterocycles. The van der Waals surface area contributed by atoms with Crippen LogP contribution in [0.5, 0.6) is 0 Å². The molecule has 0 aliphatic carbocycles. The van der Waals surface area contributed by atoms with Gasteiger partial charge in [0.1, 0.15) is 11.9 Å². The molecule has 0 radical (unpaired) electrons. The fourth-order valence-corrected chi connectivity index (χ4v) is 5.70. The Bertz CT molecular complexity index is 1220. The van der Waals surface area contributed by atoms with Crippen LogP contribution in [0.3, 0.4) is 0 Å². The lowest BCUT2D eigenvalue weighted by Gasteiger charge is -2.17. The Morgan fingerprint density at radius 3 is 2.65 bits per heavy atom. The van der Waals surface area contributed by atoms with Crippen molar-refractivity contribution in [3.63, 3.8) is 0 Å². The first-order valence-corrected chi connectivity index (χ1v) is 12.8. The average Bonchev–Trinajstić information content (AvgIpc) is 3.18. The highest BCUT2D eigenvalue weighted by Crippen LogP contribution is 2.66. The van der Waals surface area contributed by atoms with Crippen LogP contribution in [0.25, 0.3) is 17.2 Å². The van der Waals surface area contributed by atoms with Gasteiger partial charge in [0.25, 0.3) is 5.56 Å². The van der Waals surface area contributed by atoms with Gasteiger partial charge < -0.3 is 34.6 Å². The summed E-state index contributed by atoms with van der Waals surface area (Å²) in [5.74, 6) is 0.343. The molecule has 0 aromatic carbocycles. The summed E-state index contributed by atoms with van der Waals surface area (Å²) in [5, 5.41) is 0.299. The molecule has 1 aliphatic heterocycles. The van der Waals surface area contributed by atoms with E-state index >= 15 is 0 Å². The Labute approximate surface area is 172 Å². The molecule has 1 fully saturated rings. The van der Waals surface area contributed by atoms with Crippen molar-refractivity contribution in [2.45, 2.75) is 18.9 Å². The van der Waals surface area contributed by atoms with Crippen molar-refractivity contribution in [1.82, 2.24) is 14.5 Å². The zero-order chi connectivity index (χ0) is 23.0. The molecule has 2 aromatic rings. The van der Waals surface area contributed by atoms with Gasteiger partial charge in [-0.3, -0.25) is 14.3 Å². The van der Waals surface area contributed by atoms with Crippen molar-refractivity contribution in [3.05, 3.63) is 28.4 Å². The topological polar surface area (TPSA) is 246 Å². The summed E-state index contributed by atoms with van der Waals surface area (Å²) in [6, 6.07) is 1.53. The number of nitrogens with two attached hydrogens (primary N) is 1. The van der Waals surface area contributed by atoms with Crippen LogP contribution in [0.4, 0.5) is 5.95 Å². The van der Waals surface area contributed by atoms with E-state index in [0.29, 0.717) is 24.0 Å². The number of H-pyrrole nitrogens is 1. The lowest BCUT2D eigenvalue weighted by atomic mass is 10.2. The maximum Gasteiger partial charge on any atom is 0.490 e. The summed E-state index contributed by atoms with van der Waals surface area (Å²) in [7, 11) is -16.3. The Balaban J connectivity index is 1.62. The molecule has 0 saturated carbocycles. The molecule has 0 amide bonds. The monoisotopic (exact) mass is 502 g/mol. The van der Waals surface area contributed by atoms with Crippen LogP contribution < -0.4 is 11.3 Å². The van der Waals surface area contributed by atoms with Gasteiger partial charge in [0.2, 0.25) is 5.95 Å². The van der Waals surface area contributed by atoms with Gasteiger partial charge in [-0.15, -0.1) is 0 Å². The fourth-order valence-electron chi connectivity index (χ4n) is 2.65. The van der Waals surface area contributed by atoms with Crippen LogP contribution in [0, 0.1) is 0 Å². The summed E-state index contributed by atoms with van der Waals surface area (Å²) >= 11 is 0. The minimum atomic E-state index is -5.58. The second-order valence-electron chi connectivity index (χ2n) is 6.17. The van der Waals surface area contributed by atoms with Crippen LogP contribution in [-0.2, 0) is 31.6 Å². The lowest BCUT2D eigenvalue weighted by Crippen LogP contribution is -2.13. The largest absolute Gasteiger partial charge is 0.491 e. The molecule has 7 N–H and O–H groups in total. The van der Waals surface area contributed by atoms with E-state index in [0.717, 1.165) is 0 Å². The van der Waals surface area contributed by atoms with E-state index in [1.54, 1.807) is 6.20 Å². The second kappa shape index (κ2) is 8.60. The SMILES string of the molecule is Nc1nc2c(ccn2/C=C2/CC[C@@H](COP(=O)(O)OP(=O)(O)OP(=O)(O)O)O2)c(=O)[nH]1. The smallest absolute Gasteiger partial charge is 0.490 e. The summed E-state index contributed by atoms with van der Waals surface area (Å²) in [6.45, 7) is -0.557. The molecule has 0 spiro atoms. The van der Waals surface area contributed by atoms with Crippen LogP contribution in [0.1, 0.15) is 12.8 Å². The molecule has 172 valence electrons. The predicted molar refractivity (Wildman–Crippen MR) is 103 cm³/mol. The van der Waals surface area contributed by atoms with Crippen molar-refractivity contribution >= 4 is 46.6 Å². The number of phosphoric acid groups is 3. The van der Waals surface area contributed by atoms with E-state index in [2.05, 4.69) is 23.1 Å². The third-order valence-electron chi connectivity index (χ3n) is 3.75. The maximum absolute atomic E-state index is 11.8. The summed E-state index contributed by atoms with van der Waals surface area (Å²) in [5.41, 5.74) is 5.41. The van der Waals surface area contributed by atoms with Gasteiger partial charge in [0, 0.05) is 18.8 Å². The summed E-state index contributed by atoms with van der Waals surface area (Å²) < 4.78 is 52.5.